The van der Waals surface area contributed by atoms with Crippen LogP contribution in [0.1, 0.15) is 0 Å². The first-order valence-corrected chi connectivity index (χ1v) is 5.59. The highest BCUT2D eigenvalue weighted by Crippen LogP contribution is 2.22. The molecule has 0 aromatic heterocycles. The summed E-state index contributed by atoms with van der Waals surface area (Å²) in [5.74, 6) is 0. The maximum atomic E-state index is 10.4. The zero-order valence-corrected chi connectivity index (χ0v) is 8.69. The predicted molar refractivity (Wildman–Crippen MR) is 46.4 cm³/mol. The van der Waals surface area contributed by atoms with E-state index in [1.807, 2.05) is 0 Å². The van der Waals surface area contributed by atoms with Crippen LogP contribution in [0.2, 0.25) is 0 Å². The molecule has 1 unspecified atom stereocenters. The summed E-state index contributed by atoms with van der Waals surface area (Å²) < 4.78 is 37.6. The summed E-state index contributed by atoms with van der Waals surface area (Å²) in [7, 11) is -4.91. The fourth-order valence-corrected chi connectivity index (χ4v) is 1.81. The molecule has 16 heavy (non-hydrogen) atoms. The molecule has 0 aromatic carbocycles. The third kappa shape index (κ3) is 3.09. The Bertz CT molecular complexity index is 327. The molecule has 9 nitrogen and oxygen atoms in total. The van der Waals surface area contributed by atoms with Crippen LogP contribution in [-0.2, 0) is 19.3 Å². The summed E-state index contributed by atoms with van der Waals surface area (Å²) in [5, 5.41) is 36.6. The first kappa shape index (κ1) is 13.7. The second-order valence-corrected chi connectivity index (χ2v) is 4.27. The number of hydrogen-bond donors (Lipinski definition) is 5. The Balaban J connectivity index is 2.80. The molecule has 1 heterocycles. The largest absolute Gasteiger partial charge is 0.397 e. The second-order valence-electron chi connectivity index (χ2n) is 3.22. The molecule has 96 valence electrons. The van der Waals surface area contributed by atoms with E-state index in [0.29, 0.717) is 0 Å². The maximum absolute atomic E-state index is 10.4. The number of hydrogen-bond acceptors (Lipinski definition) is 8. The van der Waals surface area contributed by atoms with Crippen molar-refractivity contribution in [3.05, 3.63) is 0 Å². The van der Waals surface area contributed by atoms with Crippen LogP contribution < -0.4 is 0 Å². The van der Waals surface area contributed by atoms with Crippen LogP contribution in [0.25, 0.3) is 0 Å². The summed E-state index contributed by atoms with van der Waals surface area (Å²) in [5.41, 5.74) is 0. The van der Waals surface area contributed by atoms with Gasteiger partial charge in [0.2, 0.25) is 0 Å². The van der Waals surface area contributed by atoms with Crippen molar-refractivity contribution in [1.82, 2.24) is 0 Å². The van der Waals surface area contributed by atoms with Gasteiger partial charge in [-0.2, -0.15) is 8.42 Å². The molecule has 0 saturated carbocycles. The third-order valence-corrected chi connectivity index (χ3v) is 2.54. The van der Waals surface area contributed by atoms with Gasteiger partial charge in [0.25, 0.3) is 0 Å². The molecule has 5 N–H and O–H groups in total. The topological polar surface area (TPSA) is 154 Å². The minimum atomic E-state index is -4.91. The Morgan fingerprint density at radius 3 is 2.19 bits per heavy atom. The van der Waals surface area contributed by atoms with Gasteiger partial charge in [-0.05, 0) is 0 Å². The lowest BCUT2D eigenvalue weighted by atomic mass is 9.99. The van der Waals surface area contributed by atoms with Gasteiger partial charge >= 0.3 is 10.4 Å². The molecule has 5 atom stereocenters. The van der Waals surface area contributed by atoms with E-state index in [0.717, 1.165) is 0 Å². The molecule has 10 heteroatoms. The predicted octanol–water partition coefficient (Wildman–Crippen LogP) is -3.39. The van der Waals surface area contributed by atoms with Gasteiger partial charge in [-0.25, -0.2) is 4.18 Å². The lowest BCUT2D eigenvalue weighted by molar-refractivity contribution is -0.280. The van der Waals surface area contributed by atoms with E-state index in [2.05, 4.69) is 8.92 Å². The summed E-state index contributed by atoms with van der Waals surface area (Å²) in [6.45, 7) is -0.687. The minimum Gasteiger partial charge on any atom is -0.394 e. The number of aliphatic hydroxyl groups excluding tert-OH is 4. The van der Waals surface area contributed by atoms with Gasteiger partial charge in [-0.3, -0.25) is 4.55 Å². The summed E-state index contributed by atoms with van der Waals surface area (Å²) in [6.07, 6.45) is -8.53. The Labute approximate surface area is 90.8 Å². The molecule has 1 aliphatic rings. The quantitative estimate of drug-likeness (QED) is 0.327. The van der Waals surface area contributed by atoms with Crippen LogP contribution in [0, 0.1) is 0 Å². The highest BCUT2D eigenvalue weighted by molar-refractivity contribution is 7.80. The molecule has 0 bridgehead atoms. The van der Waals surface area contributed by atoms with Gasteiger partial charge in [0.1, 0.15) is 18.3 Å². The van der Waals surface area contributed by atoms with E-state index in [4.69, 9.17) is 9.66 Å². The van der Waals surface area contributed by atoms with Crippen LogP contribution in [0.3, 0.4) is 0 Å². The molecule has 1 saturated heterocycles. The first-order valence-electron chi connectivity index (χ1n) is 4.22. The Morgan fingerprint density at radius 1 is 1.19 bits per heavy atom. The van der Waals surface area contributed by atoms with Crippen molar-refractivity contribution >= 4 is 10.4 Å². The Morgan fingerprint density at radius 2 is 1.75 bits per heavy atom. The summed E-state index contributed by atoms with van der Waals surface area (Å²) in [4.78, 5) is 0. The Kier molecular flexibility index (Phi) is 4.20. The number of rotatable bonds is 3. The highest BCUT2D eigenvalue weighted by Gasteiger charge is 2.46. The van der Waals surface area contributed by atoms with E-state index in [-0.39, 0.29) is 0 Å². The maximum Gasteiger partial charge on any atom is 0.397 e. The van der Waals surface area contributed by atoms with E-state index in [9.17, 15) is 23.7 Å². The van der Waals surface area contributed by atoms with E-state index in [1.54, 1.807) is 0 Å². The fourth-order valence-electron chi connectivity index (χ4n) is 1.32. The third-order valence-electron chi connectivity index (χ3n) is 2.08. The lowest BCUT2D eigenvalue weighted by Crippen LogP contribution is -2.59. The molecule has 0 amide bonds. The highest BCUT2D eigenvalue weighted by atomic mass is 32.3. The van der Waals surface area contributed by atoms with Gasteiger partial charge in [0.15, 0.2) is 12.4 Å². The molecule has 0 aromatic rings. The van der Waals surface area contributed by atoms with Crippen molar-refractivity contribution in [3.63, 3.8) is 0 Å². The zero-order chi connectivity index (χ0) is 12.5. The van der Waals surface area contributed by atoms with Crippen molar-refractivity contribution in [2.45, 2.75) is 30.7 Å². The Hall–Kier alpha value is -0.330. The van der Waals surface area contributed by atoms with Crippen molar-refractivity contribution in [1.29, 1.82) is 0 Å². The van der Waals surface area contributed by atoms with Crippen molar-refractivity contribution < 1.29 is 42.3 Å². The molecule has 1 fully saturated rings. The zero-order valence-electron chi connectivity index (χ0n) is 7.87. The van der Waals surface area contributed by atoms with Crippen molar-refractivity contribution in [3.8, 4) is 0 Å². The van der Waals surface area contributed by atoms with E-state index >= 15 is 0 Å². The molecule has 1 rings (SSSR count). The molecule has 0 radical (unpaired) electrons. The average molecular weight is 260 g/mol. The SMILES string of the molecule is O=S(=O)(O)O[C@H]1C(O)O[C@H](CO)[C@H](O)[C@@H]1O. The van der Waals surface area contributed by atoms with Gasteiger partial charge in [0, 0.05) is 0 Å². The van der Waals surface area contributed by atoms with E-state index in [1.165, 1.54) is 0 Å². The van der Waals surface area contributed by atoms with Crippen molar-refractivity contribution in [2.75, 3.05) is 6.61 Å². The number of aliphatic hydroxyl groups is 4. The second kappa shape index (κ2) is 4.89. The smallest absolute Gasteiger partial charge is 0.394 e. The van der Waals surface area contributed by atoms with E-state index < -0.39 is 47.7 Å². The van der Waals surface area contributed by atoms with Crippen LogP contribution in [0.5, 0.6) is 0 Å². The average Bonchev–Trinajstić information content (AvgIpc) is 2.17. The van der Waals surface area contributed by atoms with Crippen LogP contribution in [0.4, 0.5) is 0 Å². The van der Waals surface area contributed by atoms with Crippen LogP contribution in [0.15, 0.2) is 0 Å². The minimum absolute atomic E-state index is 0.687. The van der Waals surface area contributed by atoms with Gasteiger partial charge in [-0.1, -0.05) is 0 Å². The monoisotopic (exact) mass is 260 g/mol. The molecular formula is C6H12O9S. The number of ether oxygens (including phenoxy) is 1. The van der Waals surface area contributed by atoms with Crippen LogP contribution >= 0.6 is 0 Å². The fraction of sp³-hybridized carbons (Fsp3) is 1.00. The summed E-state index contributed by atoms with van der Waals surface area (Å²) in [6, 6.07) is 0. The van der Waals surface area contributed by atoms with Crippen molar-refractivity contribution in [2.24, 2.45) is 0 Å². The summed E-state index contributed by atoms with van der Waals surface area (Å²) >= 11 is 0. The van der Waals surface area contributed by atoms with Gasteiger partial charge < -0.3 is 25.2 Å². The normalized spacial score (nSPS) is 40.9. The molecular weight excluding hydrogens is 248 g/mol. The lowest BCUT2D eigenvalue weighted by Gasteiger charge is -2.38. The first-order chi connectivity index (χ1) is 7.26. The van der Waals surface area contributed by atoms with Gasteiger partial charge in [0.05, 0.1) is 6.61 Å². The molecule has 0 spiro atoms. The van der Waals surface area contributed by atoms with Crippen LogP contribution in [-0.4, -0.2) is 70.7 Å². The standard InChI is InChI=1S/C6H12O9S/c7-1-2-3(8)4(9)5(6(10)14-2)15-16(11,12)13/h2-10H,1H2,(H,11,12,13)/t2-,3+,4+,5-,6?/m1/s1. The molecule has 1 aliphatic heterocycles. The molecule has 0 aliphatic carbocycles. The van der Waals surface area contributed by atoms with Gasteiger partial charge in [-0.15, -0.1) is 0 Å².